The van der Waals surface area contributed by atoms with Crippen LogP contribution in [0.5, 0.6) is 0 Å². The molecule has 0 aliphatic carbocycles. The first kappa shape index (κ1) is 13.4. The molecule has 0 bridgehead atoms. The molecule has 0 unspecified atom stereocenters. The van der Waals surface area contributed by atoms with E-state index in [4.69, 9.17) is 0 Å². The van der Waals surface area contributed by atoms with Gasteiger partial charge < -0.3 is 0 Å². The van der Waals surface area contributed by atoms with Crippen LogP contribution in [0.25, 0.3) is 10.8 Å². The quantitative estimate of drug-likeness (QED) is 0.736. The summed E-state index contributed by atoms with van der Waals surface area (Å²) in [4.78, 5) is 24.0. The Morgan fingerprint density at radius 2 is 2.09 bits per heavy atom. The molecular weight excluding hydrogens is 296 g/mol. The third-order valence-corrected chi connectivity index (χ3v) is 4.53. The van der Waals surface area contributed by atoms with Crippen molar-refractivity contribution in [1.82, 2.24) is 29.8 Å². The second-order valence-corrected chi connectivity index (χ2v) is 6.03. The van der Waals surface area contributed by atoms with Crippen molar-refractivity contribution in [1.29, 1.82) is 0 Å². The first-order chi connectivity index (χ1) is 10.9. The van der Waals surface area contributed by atoms with Crippen LogP contribution < -0.4 is 0 Å². The highest BCUT2D eigenvalue weighted by Crippen LogP contribution is 2.22. The Kier molecular flexibility index (Phi) is 3.57. The first-order valence-electron chi connectivity index (χ1n) is 7.10. The third-order valence-electron chi connectivity index (χ3n) is 3.65. The average Bonchev–Trinajstić information content (AvgIpc) is 3.04. The van der Waals surface area contributed by atoms with Crippen LogP contribution >= 0.6 is 11.3 Å². The first-order valence-corrected chi connectivity index (χ1v) is 7.98. The zero-order chi connectivity index (χ0) is 14.8. The molecule has 7 heteroatoms. The largest absolute Gasteiger partial charge is 0.291 e. The van der Waals surface area contributed by atoms with Crippen LogP contribution in [0.1, 0.15) is 17.0 Å². The van der Waals surface area contributed by atoms with E-state index >= 15 is 0 Å². The molecule has 110 valence electrons. The average molecular weight is 310 g/mol. The van der Waals surface area contributed by atoms with Gasteiger partial charge in [0.2, 0.25) is 0 Å². The lowest BCUT2D eigenvalue weighted by Crippen LogP contribution is -2.30. The molecule has 0 radical (unpaired) electrons. The minimum Gasteiger partial charge on any atom is -0.291 e. The standard InChI is InChI=1S/C15H14N6S/c1-3-17-14(18-4-1)15-20-12(9-22-15)7-21-5-2-11-6-16-10-19-13(11)8-21/h1,3-4,6,9-10H,2,5,7-8H2. The van der Waals surface area contributed by atoms with Gasteiger partial charge in [0.15, 0.2) is 10.8 Å². The van der Waals surface area contributed by atoms with Gasteiger partial charge in [-0.2, -0.15) is 0 Å². The molecule has 0 saturated heterocycles. The Morgan fingerprint density at radius 1 is 1.18 bits per heavy atom. The Labute approximate surface area is 131 Å². The minimum absolute atomic E-state index is 0.690. The predicted octanol–water partition coefficient (Wildman–Crippen LogP) is 1.95. The fourth-order valence-corrected chi connectivity index (χ4v) is 3.32. The molecule has 0 fully saturated rings. The highest BCUT2D eigenvalue weighted by molar-refractivity contribution is 7.13. The van der Waals surface area contributed by atoms with Crippen LogP contribution in [0.2, 0.25) is 0 Å². The van der Waals surface area contributed by atoms with E-state index in [0.717, 1.165) is 42.5 Å². The Morgan fingerprint density at radius 3 is 3.00 bits per heavy atom. The Hall–Kier alpha value is -2.25. The lowest BCUT2D eigenvalue weighted by Gasteiger charge is -2.26. The summed E-state index contributed by atoms with van der Waals surface area (Å²) >= 11 is 1.59. The number of nitrogens with zero attached hydrogens (tertiary/aromatic N) is 6. The van der Waals surface area contributed by atoms with Crippen molar-refractivity contribution in [3.8, 4) is 10.8 Å². The lowest BCUT2D eigenvalue weighted by molar-refractivity contribution is 0.239. The second kappa shape index (κ2) is 5.86. The fraction of sp³-hybridized carbons (Fsp3) is 0.267. The van der Waals surface area contributed by atoms with Crippen LogP contribution in [0.3, 0.4) is 0 Å². The summed E-state index contributed by atoms with van der Waals surface area (Å²) in [5.74, 6) is 0.690. The molecule has 0 amide bonds. The maximum Gasteiger partial charge on any atom is 0.188 e. The normalized spacial score (nSPS) is 14.7. The van der Waals surface area contributed by atoms with Crippen LogP contribution in [0.15, 0.2) is 36.4 Å². The molecule has 0 N–H and O–H groups in total. The molecule has 6 nitrogen and oxygen atoms in total. The van der Waals surface area contributed by atoms with Crippen molar-refractivity contribution >= 4 is 11.3 Å². The molecule has 1 aliphatic rings. The fourth-order valence-electron chi connectivity index (χ4n) is 2.56. The van der Waals surface area contributed by atoms with E-state index in [-0.39, 0.29) is 0 Å². The summed E-state index contributed by atoms with van der Waals surface area (Å²) in [6.45, 7) is 2.69. The summed E-state index contributed by atoms with van der Waals surface area (Å²) in [5.41, 5.74) is 3.45. The molecule has 0 atom stereocenters. The smallest absolute Gasteiger partial charge is 0.188 e. The van der Waals surface area contributed by atoms with Gasteiger partial charge in [0, 0.05) is 43.6 Å². The van der Waals surface area contributed by atoms with E-state index in [1.165, 1.54) is 5.56 Å². The van der Waals surface area contributed by atoms with E-state index < -0.39 is 0 Å². The van der Waals surface area contributed by atoms with Crippen LogP contribution in [0, 0.1) is 0 Å². The molecule has 3 aromatic heterocycles. The van der Waals surface area contributed by atoms with Gasteiger partial charge in [0.05, 0.1) is 11.4 Å². The SMILES string of the molecule is c1cnc(-c2nc(CN3CCc4cncnc4C3)cs2)nc1. The van der Waals surface area contributed by atoms with Gasteiger partial charge in [-0.25, -0.2) is 24.9 Å². The molecule has 22 heavy (non-hydrogen) atoms. The molecule has 0 spiro atoms. The van der Waals surface area contributed by atoms with Gasteiger partial charge in [0.1, 0.15) is 6.33 Å². The second-order valence-electron chi connectivity index (χ2n) is 5.17. The van der Waals surface area contributed by atoms with E-state index in [1.807, 2.05) is 12.3 Å². The number of fused-ring (bicyclic) bond motifs is 1. The van der Waals surface area contributed by atoms with Gasteiger partial charge >= 0.3 is 0 Å². The third kappa shape index (κ3) is 2.72. The predicted molar refractivity (Wildman–Crippen MR) is 83.0 cm³/mol. The molecular formula is C15H14N6S. The number of hydrogen-bond acceptors (Lipinski definition) is 7. The van der Waals surface area contributed by atoms with Crippen LogP contribution in [0.4, 0.5) is 0 Å². The highest BCUT2D eigenvalue weighted by atomic mass is 32.1. The van der Waals surface area contributed by atoms with Crippen LogP contribution in [-0.2, 0) is 19.5 Å². The molecule has 1 aliphatic heterocycles. The Bertz CT molecular complexity index is 772. The molecule has 0 saturated carbocycles. The van der Waals surface area contributed by atoms with E-state index in [1.54, 1.807) is 30.1 Å². The maximum absolute atomic E-state index is 4.65. The van der Waals surface area contributed by atoms with E-state index in [9.17, 15) is 0 Å². The van der Waals surface area contributed by atoms with Gasteiger partial charge in [0.25, 0.3) is 0 Å². The van der Waals surface area contributed by atoms with E-state index in [0.29, 0.717) is 5.82 Å². The van der Waals surface area contributed by atoms with Crippen molar-refractivity contribution in [2.75, 3.05) is 6.54 Å². The molecule has 4 rings (SSSR count). The van der Waals surface area contributed by atoms with Gasteiger partial charge in [-0.3, -0.25) is 4.90 Å². The number of hydrogen-bond donors (Lipinski definition) is 0. The lowest BCUT2D eigenvalue weighted by atomic mass is 10.1. The summed E-state index contributed by atoms with van der Waals surface area (Å²) in [5, 5.41) is 2.96. The van der Waals surface area contributed by atoms with Crippen molar-refractivity contribution in [3.05, 3.63) is 53.3 Å². The van der Waals surface area contributed by atoms with Crippen molar-refractivity contribution in [2.45, 2.75) is 19.5 Å². The number of aromatic nitrogens is 5. The van der Waals surface area contributed by atoms with Crippen LogP contribution in [-0.4, -0.2) is 36.4 Å². The summed E-state index contributed by atoms with van der Waals surface area (Å²) < 4.78 is 0. The summed E-state index contributed by atoms with van der Waals surface area (Å²) in [7, 11) is 0. The summed E-state index contributed by atoms with van der Waals surface area (Å²) in [6, 6.07) is 1.81. The molecule has 4 heterocycles. The van der Waals surface area contributed by atoms with Crippen molar-refractivity contribution < 1.29 is 0 Å². The zero-order valence-electron chi connectivity index (χ0n) is 11.9. The van der Waals surface area contributed by atoms with Crippen molar-refractivity contribution in [3.63, 3.8) is 0 Å². The molecule has 0 aromatic carbocycles. The number of rotatable bonds is 3. The van der Waals surface area contributed by atoms with E-state index in [2.05, 4.69) is 35.2 Å². The maximum atomic E-state index is 4.65. The zero-order valence-corrected chi connectivity index (χ0v) is 12.7. The molecule has 3 aromatic rings. The highest BCUT2D eigenvalue weighted by Gasteiger charge is 2.18. The topological polar surface area (TPSA) is 67.7 Å². The van der Waals surface area contributed by atoms with Gasteiger partial charge in [-0.05, 0) is 18.1 Å². The Balaban J connectivity index is 1.48. The van der Waals surface area contributed by atoms with Gasteiger partial charge in [-0.15, -0.1) is 11.3 Å². The van der Waals surface area contributed by atoms with Gasteiger partial charge in [-0.1, -0.05) is 0 Å². The monoisotopic (exact) mass is 310 g/mol. The summed E-state index contributed by atoms with van der Waals surface area (Å²) in [6.07, 6.45) is 8.02. The minimum atomic E-state index is 0.690. The van der Waals surface area contributed by atoms with Crippen molar-refractivity contribution in [2.24, 2.45) is 0 Å². The number of thiazole rings is 1.